The third-order valence-corrected chi connectivity index (χ3v) is 4.28. The molecule has 3 rings (SSSR count). The number of H-pyrrole nitrogens is 1. The molecule has 2 aromatic carbocycles. The van der Waals surface area contributed by atoms with Gasteiger partial charge in [0.1, 0.15) is 17.4 Å². The molecule has 0 radical (unpaired) electrons. The maximum atomic E-state index is 14.1. The lowest BCUT2D eigenvalue weighted by atomic mass is 9.97. The monoisotopic (exact) mass is 383 g/mol. The van der Waals surface area contributed by atoms with Crippen LogP contribution in [-0.2, 0) is 4.79 Å². The molecule has 0 bridgehead atoms. The summed E-state index contributed by atoms with van der Waals surface area (Å²) >= 11 is 0. The molecule has 0 spiro atoms. The van der Waals surface area contributed by atoms with Gasteiger partial charge in [0.25, 0.3) is 11.5 Å². The van der Waals surface area contributed by atoms with Crippen molar-refractivity contribution in [3.8, 4) is 5.69 Å². The Labute approximate surface area is 159 Å². The zero-order chi connectivity index (χ0) is 20.3. The minimum absolute atomic E-state index is 0.0197. The van der Waals surface area contributed by atoms with Crippen molar-refractivity contribution in [1.29, 1.82) is 0 Å². The Bertz CT molecular complexity index is 1070. The molecule has 1 atom stereocenters. The van der Waals surface area contributed by atoms with Gasteiger partial charge in [-0.3, -0.25) is 19.5 Å². The number of hydrogen-bond donors (Lipinski definition) is 3. The summed E-state index contributed by atoms with van der Waals surface area (Å²) in [5.41, 5.74) is 0.734. The third-order valence-electron chi connectivity index (χ3n) is 4.28. The number of aromatic nitrogens is 2. The first-order chi connectivity index (χ1) is 13.4. The quantitative estimate of drug-likeness (QED) is 0.607. The molecule has 3 aromatic rings. The maximum Gasteiger partial charge on any atom is 0.312 e. The van der Waals surface area contributed by atoms with Crippen LogP contribution in [0.15, 0.2) is 59.4 Å². The molecule has 0 saturated carbocycles. The van der Waals surface area contributed by atoms with E-state index >= 15 is 0 Å². The number of carboxylic acids is 1. The minimum Gasteiger partial charge on any atom is -0.481 e. The lowest BCUT2D eigenvalue weighted by Crippen LogP contribution is -2.32. The lowest BCUT2D eigenvalue weighted by molar-refractivity contribution is -0.138. The fourth-order valence-corrected chi connectivity index (χ4v) is 2.82. The molecule has 0 aliphatic rings. The van der Waals surface area contributed by atoms with Crippen LogP contribution < -0.4 is 10.9 Å². The molecule has 1 aromatic heterocycles. The number of amides is 1. The van der Waals surface area contributed by atoms with Crippen molar-refractivity contribution in [3.63, 3.8) is 0 Å². The number of nitrogens with one attached hydrogen (secondary N) is 2. The third kappa shape index (κ3) is 4.01. The largest absolute Gasteiger partial charge is 0.481 e. The second-order valence-electron chi connectivity index (χ2n) is 6.30. The van der Waals surface area contributed by atoms with Crippen molar-refractivity contribution < 1.29 is 19.1 Å². The summed E-state index contributed by atoms with van der Waals surface area (Å²) < 4.78 is 15.3. The van der Waals surface area contributed by atoms with Crippen molar-refractivity contribution in [2.45, 2.75) is 12.8 Å². The van der Waals surface area contributed by atoms with Gasteiger partial charge in [0.05, 0.1) is 5.69 Å². The van der Waals surface area contributed by atoms with E-state index in [0.717, 1.165) is 6.07 Å². The van der Waals surface area contributed by atoms with Crippen LogP contribution in [0.25, 0.3) is 5.69 Å². The van der Waals surface area contributed by atoms with E-state index in [0.29, 0.717) is 11.3 Å². The highest BCUT2D eigenvalue weighted by Gasteiger charge is 2.24. The summed E-state index contributed by atoms with van der Waals surface area (Å²) in [6.45, 7) is 1.37. The SMILES string of the molecule is Cc1ccc(C(CNC(=O)c2cc(=O)n(-c3ccccc3)[nH]2)C(=O)O)c(F)c1. The first-order valence-electron chi connectivity index (χ1n) is 8.51. The molecule has 1 amide bonds. The van der Waals surface area contributed by atoms with Crippen molar-refractivity contribution in [3.05, 3.63) is 87.6 Å². The lowest BCUT2D eigenvalue weighted by Gasteiger charge is -2.14. The van der Waals surface area contributed by atoms with Gasteiger partial charge in [0, 0.05) is 18.2 Å². The molecular weight excluding hydrogens is 365 g/mol. The van der Waals surface area contributed by atoms with Crippen molar-refractivity contribution in [2.75, 3.05) is 6.54 Å². The van der Waals surface area contributed by atoms with Crippen LogP contribution >= 0.6 is 0 Å². The molecule has 7 nitrogen and oxygen atoms in total. The molecule has 144 valence electrons. The predicted octanol–water partition coefficient (Wildman–Crippen LogP) is 2.21. The number of carbonyl (C=O) groups excluding carboxylic acids is 1. The van der Waals surface area contributed by atoms with E-state index in [1.54, 1.807) is 43.3 Å². The fraction of sp³-hybridized carbons (Fsp3) is 0.150. The van der Waals surface area contributed by atoms with Gasteiger partial charge < -0.3 is 10.4 Å². The Morgan fingerprint density at radius 1 is 1.18 bits per heavy atom. The van der Waals surface area contributed by atoms with Crippen LogP contribution in [0.4, 0.5) is 4.39 Å². The normalized spacial score (nSPS) is 11.8. The van der Waals surface area contributed by atoms with Crippen LogP contribution in [-0.4, -0.2) is 33.3 Å². The van der Waals surface area contributed by atoms with E-state index in [1.807, 2.05) is 0 Å². The number of para-hydroxylation sites is 1. The van der Waals surface area contributed by atoms with E-state index in [4.69, 9.17) is 0 Å². The van der Waals surface area contributed by atoms with E-state index in [9.17, 15) is 23.9 Å². The first kappa shape index (κ1) is 19.1. The van der Waals surface area contributed by atoms with E-state index in [1.165, 1.54) is 16.8 Å². The first-order valence-corrected chi connectivity index (χ1v) is 8.51. The molecule has 1 unspecified atom stereocenters. The van der Waals surface area contributed by atoms with Gasteiger partial charge in [-0.15, -0.1) is 0 Å². The Hall–Kier alpha value is -3.68. The summed E-state index contributed by atoms with van der Waals surface area (Å²) in [5, 5.41) is 14.5. The molecule has 28 heavy (non-hydrogen) atoms. The number of carbonyl (C=O) groups is 2. The maximum absolute atomic E-state index is 14.1. The number of hydrogen-bond acceptors (Lipinski definition) is 3. The number of aromatic amines is 1. The number of halogens is 1. The molecule has 0 fully saturated rings. The summed E-state index contributed by atoms with van der Waals surface area (Å²) in [6.07, 6.45) is 0. The van der Waals surface area contributed by atoms with Crippen molar-refractivity contribution >= 4 is 11.9 Å². The van der Waals surface area contributed by atoms with Crippen molar-refractivity contribution in [1.82, 2.24) is 15.1 Å². The molecule has 0 aliphatic heterocycles. The highest BCUT2D eigenvalue weighted by molar-refractivity contribution is 5.92. The summed E-state index contributed by atoms with van der Waals surface area (Å²) in [6, 6.07) is 14.0. The number of rotatable bonds is 6. The number of carboxylic acid groups (broad SMARTS) is 1. The summed E-state index contributed by atoms with van der Waals surface area (Å²) in [5.74, 6) is -3.83. The molecule has 3 N–H and O–H groups in total. The van der Waals surface area contributed by atoms with Crippen LogP contribution in [0.3, 0.4) is 0 Å². The van der Waals surface area contributed by atoms with Crippen LogP contribution in [0.5, 0.6) is 0 Å². The summed E-state index contributed by atoms with van der Waals surface area (Å²) in [4.78, 5) is 36.0. The van der Waals surface area contributed by atoms with E-state index in [-0.39, 0.29) is 17.8 Å². The Kier molecular flexibility index (Phi) is 5.39. The topological polar surface area (TPSA) is 104 Å². The predicted molar refractivity (Wildman–Crippen MR) is 100 cm³/mol. The smallest absolute Gasteiger partial charge is 0.312 e. The average Bonchev–Trinajstić information content (AvgIpc) is 3.05. The standard InChI is InChI=1S/C20H18FN3O4/c1-12-7-8-14(16(21)9-12)15(20(27)28)11-22-19(26)17-10-18(25)24(23-17)13-5-3-2-4-6-13/h2-10,15,23H,11H2,1H3,(H,22,26)(H,27,28). The van der Waals surface area contributed by atoms with Gasteiger partial charge in [-0.1, -0.05) is 30.3 Å². The molecule has 0 saturated heterocycles. The molecule has 1 heterocycles. The molecule has 0 aliphatic carbocycles. The molecule has 8 heteroatoms. The number of nitrogens with zero attached hydrogens (tertiary/aromatic N) is 1. The zero-order valence-corrected chi connectivity index (χ0v) is 15.0. The Morgan fingerprint density at radius 2 is 1.89 bits per heavy atom. The van der Waals surface area contributed by atoms with Gasteiger partial charge in [0.15, 0.2) is 0 Å². The van der Waals surface area contributed by atoms with Crippen LogP contribution in [0.1, 0.15) is 27.5 Å². The Morgan fingerprint density at radius 3 is 2.54 bits per heavy atom. The van der Waals surface area contributed by atoms with Crippen LogP contribution in [0, 0.1) is 12.7 Å². The zero-order valence-electron chi connectivity index (χ0n) is 15.0. The van der Waals surface area contributed by atoms with E-state index < -0.39 is 29.2 Å². The average molecular weight is 383 g/mol. The van der Waals surface area contributed by atoms with Gasteiger partial charge in [-0.05, 0) is 30.7 Å². The number of aryl methyl sites for hydroxylation is 1. The Balaban J connectivity index is 1.77. The second kappa shape index (κ2) is 7.91. The number of benzene rings is 2. The highest BCUT2D eigenvalue weighted by Crippen LogP contribution is 2.20. The van der Waals surface area contributed by atoms with Gasteiger partial charge in [0.2, 0.25) is 0 Å². The molecular formula is C20H18FN3O4. The second-order valence-corrected chi connectivity index (χ2v) is 6.30. The summed E-state index contributed by atoms with van der Waals surface area (Å²) in [7, 11) is 0. The fourth-order valence-electron chi connectivity index (χ4n) is 2.82. The van der Waals surface area contributed by atoms with Gasteiger partial charge >= 0.3 is 5.97 Å². The minimum atomic E-state index is -1.27. The highest BCUT2D eigenvalue weighted by atomic mass is 19.1. The van der Waals surface area contributed by atoms with Gasteiger partial charge in [-0.2, -0.15) is 0 Å². The van der Waals surface area contributed by atoms with Crippen LogP contribution in [0.2, 0.25) is 0 Å². The van der Waals surface area contributed by atoms with Crippen molar-refractivity contribution in [2.24, 2.45) is 0 Å². The van der Waals surface area contributed by atoms with E-state index in [2.05, 4.69) is 10.4 Å². The van der Waals surface area contributed by atoms with Gasteiger partial charge in [-0.25, -0.2) is 9.07 Å². The number of aliphatic carboxylic acids is 1.